The minimum atomic E-state index is -0.832. The van der Waals surface area contributed by atoms with Crippen molar-refractivity contribution in [2.24, 2.45) is 0 Å². The molecule has 4 nitrogen and oxygen atoms in total. The minimum absolute atomic E-state index is 0.0612. The Kier molecular flexibility index (Phi) is 35.9. The van der Waals surface area contributed by atoms with Gasteiger partial charge in [0, 0.05) is 6.42 Å². The van der Waals surface area contributed by atoms with Gasteiger partial charge in [-0.2, -0.15) is 0 Å². The zero-order chi connectivity index (χ0) is 32.2. The molecule has 262 valence electrons. The molecular formula is C40H79NO3. The number of carbonyl (C=O) groups is 1. The van der Waals surface area contributed by atoms with Crippen molar-refractivity contribution >= 4 is 5.91 Å². The highest BCUT2D eigenvalue weighted by Crippen LogP contribution is 2.15. The fourth-order valence-corrected chi connectivity index (χ4v) is 6.18. The second-order valence-electron chi connectivity index (χ2n) is 13.7. The van der Waals surface area contributed by atoms with Gasteiger partial charge in [0.1, 0.15) is 0 Å². The van der Waals surface area contributed by atoms with Gasteiger partial charge < -0.3 is 15.5 Å². The molecule has 1 amide bonds. The molecule has 0 spiro atoms. The lowest BCUT2D eigenvalue weighted by molar-refractivity contribution is -0.123. The molecule has 0 aliphatic carbocycles. The molecular weight excluding hydrogens is 542 g/mol. The Morgan fingerprint density at radius 3 is 1.18 bits per heavy atom. The first kappa shape index (κ1) is 43.1. The van der Waals surface area contributed by atoms with E-state index in [2.05, 4.69) is 19.2 Å². The van der Waals surface area contributed by atoms with E-state index in [4.69, 9.17) is 0 Å². The van der Waals surface area contributed by atoms with Crippen LogP contribution in [0.2, 0.25) is 0 Å². The average Bonchev–Trinajstić information content (AvgIpc) is 3.03. The van der Waals surface area contributed by atoms with E-state index in [1.165, 1.54) is 173 Å². The molecule has 0 fully saturated rings. The number of allylic oxidation sites excluding steroid dienone is 1. The van der Waals surface area contributed by atoms with Gasteiger partial charge in [0.2, 0.25) is 5.91 Å². The van der Waals surface area contributed by atoms with E-state index in [0.717, 1.165) is 25.7 Å². The second kappa shape index (κ2) is 36.6. The lowest BCUT2D eigenvalue weighted by Crippen LogP contribution is -2.45. The number of rotatable bonds is 36. The number of hydrogen-bond donors (Lipinski definition) is 3. The number of carbonyl (C=O) groups excluding carboxylic acids is 1. The minimum Gasteiger partial charge on any atom is -0.394 e. The monoisotopic (exact) mass is 622 g/mol. The average molecular weight is 622 g/mol. The number of aliphatic hydroxyl groups is 2. The van der Waals surface area contributed by atoms with Gasteiger partial charge in [0.15, 0.2) is 0 Å². The molecule has 0 aromatic carbocycles. The summed E-state index contributed by atoms with van der Waals surface area (Å²) in [7, 11) is 0. The molecule has 0 heterocycles. The third kappa shape index (κ3) is 32.5. The summed E-state index contributed by atoms with van der Waals surface area (Å²) < 4.78 is 0. The smallest absolute Gasteiger partial charge is 0.220 e. The third-order valence-corrected chi connectivity index (χ3v) is 9.27. The van der Waals surface area contributed by atoms with Crippen LogP contribution in [-0.4, -0.2) is 34.9 Å². The normalized spacial score (nSPS) is 13.1. The van der Waals surface area contributed by atoms with Gasteiger partial charge >= 0.3 is 0 Å². The highest BCUT2D eigenvalue weighted by Gasteiger charge is 2.17. The number of unbranched alkanes of at least 4 members (excludes halogenated alkanes) is 29. The van der Waals surface area contributed by atoms with Crippen LogP contribution in [0.25, 0.3) is 0 Å². The van der Waals surface area contributed by atoms with E-state index >= 15 is 0 Å². The quantitative estimate of drug-likeness (QED) is 0.0481. The van der Waals surface area contributed by atoms with E-state index in [9.17, 15) is 15.0 Å². The third-order valence-electron chi connectivity index (χ3n) is 9.27. The van der Waals surface area contributed by atoms with Crippen LogP contribution in [0.3, 0.4) is 0 Å². The summed E-state index contributed by atoms with van der Waals surface area (Å²) in [6.45, 7) is 4.31. The van der Waals surface area contributed by atoms with E-state index in [1.54, 1.807) is 6.08 Å². The molecule has 0 rings (SSSR count). The van der Waals surface area contributed by atoms with E-state index in [1.807, 2.05) is 6.08 Å². The maximum Gasteiger partial charge on any atom is 0.220 e. The van der Waals surface area contributed by atoms with Crippen molar-refractivity contribution in [3.63, 3.8) is 0 Å². The van der Waals surface area contributed by atoms with Crippen LogP contribution in [-0.2, 0) is 4.79 Å². The van der Waals surface area contributed by atoms with Crippen LogP contribution in [0.4, 0.5) is 0 Å². The Bertz CT molecular complexity index is 593. The van der Waals surface area contributed by atoms with Crippen molar-refractivity contribution < 1.29 is 15.0 Å². The Balaban J connectivity index is 3.55. The van der Waals surface area contributed by atoms with Crippen molar-refractivity contribution in [2.75, 3.05) is 6.61 Å². The first-order valence-corrected chi connectivity index (χ1v) is 19.9. The summed E-state index contributed by atoms with van der Waals surface area (Å²) in [6, 6.07) is -0.615. The predicted molar refractivity (Wildman–Crippen MR) is 193 cm³/mol. The first-order chi connectivity index (χ1) is 21.7. The summed E-state index contributed by atoms with van der Waals surface area (Å²) in [5, 5.41) is 22.9. The van der Waals surface area contributed by atoms with Crippen LogP contribution >= 0.6 is 0 Å². The van der Waals surface area contributed by atoms with Crippen molar-refractivity contribution in [3.8, 4) is 0 Å². The number of nitrogens with one attached hydrogen (secondary N) is 1. The molecule has 0 aliphatic heterocycles. The topological polar surface area (TPSA) is 69.6 Å². The Morgan fingerprint density at radius 1 is 0.523 bits per heavy atom. The van der Waals surface area contributed by atoms with Gasteiger partial charge in [0.05, 0.1) is 18.8 Å². The number of hydrogen-bond acceptors (Lipinski definition) is 3. The lowest BCUT2D eigenvalue weighted by atomic mass is 10.0. The zero-order valence-corrected chi connectivity index (χ0v) is 29.9. The molecule has 0 radical (unpaired) electrons. The van der Waals surface area contributed by atoms with Gasteiger partial charge in [-0.05, 0) is 19.3 Å². The first-order valence-electron chi connectivity index (χ1n) is 19.9. The van der Waals surface area contributed by atoms with Crippen molar-refractivity contribution in [1.29, 1.82) is 0 Å². The zero-order valence-electron chi connectivity index (χ0n) is 29.9. The molecule has 0 bridgehead atoms. The van der Waals surface area contributed by atoms with Gasteiger partial charge in [-0.1, -0.05) is 206 Å². The standard InChI is InChI=1S/C40H79NO3/c1-3-5-7-9-11-13-15-17-19-20-21-22-24-26-28-30-32-34-36-40(44)41-38(37-42)39(43)35-33-31-29-27-25-23-18-16-14-12-10-8-6-4-2/h33,35,38-39,42-43H,3-32,34,36-37H2,1-2H3,(H,41,44)/b35-33+/t38-,39+/m0/s1. The van der Waals surface area contributed by atoms with Crippen LogP contribution < -0.4 is 5.32 Å². The van der Waals surface area contributed by atoms with Crippen LogP contribution in [0, 0.1) is 0 Å². The van der Waals surface area contributed by atoms with Gasteiger partial charge in [-0.25, -0.2) is 0 Å². The van der Waals surface area contributed by atoms with Crippen molar-refractivity contribution in [1.82, 2.24) is 5.32 Å². The highest BCUT2D eigenvalue weighted by atomic mass is 16.3. The molecule has 44 heavy (non-hydrogen) atoms. The molecule has 0 unspecified atom stereocenters. The molecule has 3 N–H and O–H groups in total. The maximum atomic E-state index is 12.3. The predicted octanol–water partition coefficient (Wildman–Crippen LogP) is 11.9. The van der Waals surface area contributed by atoms with E-state index in [0.29, 0.717) is 6.42 Å². The molecule has 0 aromatic rings. The van der Waals surface area contributed by atoms with Gasteiger partial charge in [-0.3, -0.25) is 4.79 Å². The van der Waals surface area contributed by atoms with Crippen LogP contribution in [0.15, 0.2) is 12.2 Å². The molecule has 0 saturated heterocycles. The molecule has 0 aliphatic rings. The largest absolute Gasteiger partial charge is 0.394 e. The number of aliphatic hydroxyl groups excluding tert-OH is 2. The van der Waals surface area contributed by atoms with Gasteiger partial charge in [-0.15, -0.1) is 0 Å². The van der Waals surface area contributed by atoms with Crippen molar-refractivity contribution in [3.05, 3.63) is 12.2 Å². The fraction of sp³-hybridized carbons (Fsp3) is 0.925. The van der Waals surface area contributed by atoms with Crippen molar-refractivity contribution in [2.45, 2.75) is 231 Å². The maximum absolute atomic E-state index is 12.3. The van der Waals surface area contributed by atoms with Crippen LogP contribution in [0.1, 0.15) is 219 Å². The summed E-state index contributed by atoms with van der Waals surface area (Å²) in [6.07, 6.45) is 44.4. The van der Waals surface area contributed by atoms with Gasteiger partial charge in [0.25, 0.3) is 0 Å². The molecule has 0 saturated carbocycles. The number of amides is 1. The molecule has 0 aromatic heterocycles. The summed E-state index contributed by atoms with van der Waals surface area (Å²) >= 11 is 0. The Hall–Kier alpha value is -0.870. The lowest BCUT2D eigenvalue weighted by Gasteiger charge is -2.20. The SMILES string of the molecule is CCCCCCCCCCCCCC/C=C/[C@@H](O)[C@H](CO)NC(=O)CCCCCCCCCCCCCCCCCCCC. The van der Waals surface area contributed by atoms with E-state index in [-0.39, 0.29) is 12.5 Å². The summed E-state index contributed by atoms with van der Waals surface area (Å²) in [5.41, 5.74) is 0. The van der Waals surface area contributed by atoms with E-state index < -0.39 is 12.1 Å². The summed E-state index contributed by atoms with van der Waals surface area (Å²) in [5.74, 6) is -0.0612. The fourth-order valence-electron chi connectivity index (χ4n) is 6.18. The molecule has 4 heteroatoms. The highest BCUT2D eigenvalue weighted by molar-refractivity contribution is 5.76. The Labute approximate surface area is 276 Å². The summed E-state index contributed by atoms with van der Waals surface area (Å²) in [4.78, 5) is 12.3. The van der Waals surface area contributed by atoms with Crippen LogP contribution in [0.5, 0.6) is 0 Å². The molecule has 2 atom stereocenters. The Morgan fingerprint density at radius 2 is 0.841 bits per heavy atom. The second-order valence-corrected chi connectivity index (χ2v) is 13.7.